The monoisotopic (exact) mass is 294 g/mol. The second-order valence-electron chi connectivity index (χ2n) is 6.31. The van der Waals surface area contributed by atoms with Crippen molar-refractivity contribution in [2.24, 2.45) is 0 Å². The van der Waals surface area contributed by atoms with E-state index in [1.165, 1.54) is 0 Å². The number of aliphatic hydroxyl groups is 1. The van der Waals surface area contributed by atoms with Crippen molar-refractivity contribution in [1.82, 2.24) is 10.6 Å². The Morgan fingerprint density at radius 1 is 1.33 bits per heavy atom. The summed E-state index contributed by atoms with van der Waals surface area (Å²) >= 11 is 0. The first-order valence-electron chi connectivity index (χ1n) is 7.66. The Bertz CT molecular complexity index is 474. The van der Waals surface area contributed by atoms with Gasteiger partial charge in [0.2, 0.25) is 5.91 Å². The Morgan fingerprint density at radius 2 is 1.95 bits per heavy atom. The summed E-state index contributed by atoms with van der Waals surface area (Å²) in [5.41, 5.74) is -0.997. The number of furan rings is 1. The average molecular weight is 294 g/mol. The fourth-order valence-electron chi connectivity index (χ4n) is 2.88. The van der Waals surface area contributed by atoms with Gasteiger partial charge >= 0.3 is 0 Å². The highest BCUT2D eigenvalue weighted by molar-refractivity contribution is 5.73. The Kier molecular flexibility index (Phi) is 5.06. The Hall–Kier alpha value is -1.33. The van der Waals surface area contributed by atoms with Gasteiger partial charge in [-0.05, 0) is 51.7 Å². The number of nitrogens with one attached hydrogen (secondary N) is 2. The molecule has 1 heterocycles. The number of carbonyl (C=O) groups is 1. The third-order valence-electron chi connectivity index (χ3n) is 4.14. The minimum absolute atomic E-state index is 0.0440. The molecule has 1 atom stereocenters. The molecule has 1 amide bonds. The van der Waals surface area contributed by atoms with Crippen LogP contribution in [0.5, 0.6) is 0 Å². The second-order valence-corrected chi connectivity index (χ2v) is 6.31. The van der Waals surface area contributed by atoms with E-state index in [2.05, 4.69) is 10.6 Å². The number of aryl methyl sites for hydroxylation is 1. The molecule has 1 aliphatic carbocycles. The zero-order chi connectivity index (χ0) is 15.5. The van der Waals surface area contributed by atoms with E-state index in [0.717, 1.165) is 31.4 Å². The van der Waals surface area contributed by atoms with E-state index in [1.54, 1.807) is 13.8 Å². The lowest BCUT2D eigenvalue weighted by atomic mass is 9.90. The van der Waals surface area contributed by atoms with Crippen molar-refractivity contribution in [2.75, 3.05) is 6.54 Å². The fourth-order valence-corrected chi connectivity index (χ4v) is 2.88. The summed E-state index contributed by atoms with van der Waals surface area (Å²) in [4.78, 5) is 11.0. The van der Waals surface area contributed by atoms with E-state index in [4.69, 9.17) is 4.42 Å². The summed E-state index contributed by atoms with van der Waals surface area (Å²) in [6.45, 7) is 5.67. The number of carbonyl (C=O) groups excluding carboxylic acids is 1. The lowest BCUT2D eigenvalue weighted by Crippen LogP contribution is -2.45. The molecule has 5 nitrogen and oxygen atoms in total. The lowest BCUT2D eigenvalue weighted by Gasteiger charge is -2.31. The average Bonchev–Trinajstić information content (AvgIpc) is 2.85. The number of hydrogen-bond donors (Lipinski definition) is 3. The van der Waals surface area contributed by atoms with Crippen LogP contribution >= 0.6 is 0 Å². The molecule has 0 aliphatic heterocycles. The largest absolute Gasteiger partial charge is 0.463 e. The highest BCUT2D eigenvalue weighted by Gasteiger charge is 2.29. The van der Waals surface area contributed by atoms with Crippen LogP contribution in [0, 0.1) is 6.92 Å². The molecular formula is C16H26N2O3. The van der Waals surface area contributed by atoms with Gasteiger partial charge in [0, 0.05) is 25.6 Å². The predicted molar refractivity (Wildman–Crippen MR) is 80.9 cm³/mol. The molecule has 5 heteroatoms. The summed E-state index contributed by atoms with van der Waals surface area (Å²) in [6.07, 6.45) is 3.99. The highest BCUT2D eigenvalue weighted by atomic mass is 16.4. The van der Waals surface area contributed by atoms with E-state index < -0.39 is 5.60 Å². The highest BCUT2D eigenvalue weighted by Crippen LogP contribution is 2.24. The van der Waals surface area contributed by atoms with Gasteiger partial charge in [0.05, 0.1) is 0 Å². The van der Waals surface area contributed by atoms with Crippen molar-refractivity contribution < 1.29 is 14.3 Å². The summed E-state index contributed by atoms with van der Waals surface area (Å²) in [7, 11) is 0. The molecule has 3 N–H and O–H groups in total. The van der Waals surface area contributed by atoms with Gasteiger partial charge in [0.15, 0.2) is 0 Å². The molecule has 1 aromatic rings. The van der Waals surface area contributed by atoms with Crippen LogP contribution in [0.25, 0.3) is 0 Å². The Labute approximate surface area is 126 Å². The molecule has 1 saturated carbocycles. The van der Waals surface area contributed by atoms with Gasteiger partial charge in [-0.15, -0.1) is 0 Å². The SMILES string of the molecule is CC(=O)NC1CCC(NC[C@@](C)(O)c2ccc(C)o2)CC1. The lowest BCUT2D eigenvalue weighted by molar-refractivity contribution is -0.119. The molecule has 0 saturated heterocycles. The maximum atomic E-state index is 11.0. The zero-order valence-electron chi connectivity index (χ0n) is 13.1. The van der Waals surface area contributed by atoms with Gasteiger partial charge in [0.25, 0.3) is 0 Å². The smallest absolute Gasteiger partial charge is 0.217 e. The van der Waals surface area contributed by atoms with Crippen LogP contribution < -0.4 is 10.6 Å². The molecule has 118 valence electrons. The first kappa shape index (κ1) is 16.0. The zero-order valence-corrected chi connectivity index (χ0v) is 13.1. The van der Waals surface area contributed by atoms with Crippen molar-refractivity contribution in [2.45, 2.75) is 64.1 Å². The van der Waals surface area contributed by atoms with Crippen molar-refractivity contribution >= 4 is 5.91 Å². The van der Waals surface area contributed by atoms with Crippen LogP contribution in [0.4, 0.5) is 0 Å². The molecule has 0 spiro atoms. The van der Waals surface area contributed by atoms with E-state index in [-0.39, 0.29) is 5.91 Å². The van der Waals surface area contributed by atoms with Crippen molar-refractivity contribution in [3.63, 3.8) is 0 Å². The molecule has 0 bridgehead atoms. The first-order chi connectivity index (χ1) is 9.87. The van der Waals surface area contributed by atoms with Gasteiger partial charge in [-0.1, -0.05) is 0 Å². The van der Waals surface area contributed by atoms with Gasteiger partial charge in [-0.2, -0.15) is 0 Å². The Morgan fingerprint density at radius 3 is 2.48 bits per heavy atom. The van der Waals surface area contributed by atoms with Crippen LogP contribution in [-0.4, -0.2) is 29.6 Å². The van der Waals surface area contributed by atoms with Gasteiger partial charge in [-0.25, -0.2) is 0 Å². The van der Waals surface area contributed by atoms with Crippen LogP contribution in [-0.2, 0) is 10.4 Å². The second kappa shape index (κ2) is 6.62. The molecule has 2 rings (SSSR count). The summed E-state index contributed by atoms with van der Waals surface area (Å²) in [5.74, 6) is 1.45. The number of rotatable bonds is 5. The van der Waals surface area contributed by atoms with E-state index in [9.17, 15) is 9.90 Å². The quantitative estimate of drug-likeness (QED) is 0.774. The van der Waals surface area contributed by atoms with Crippen molar-refractivity contribution in [3.05, 3.63) is 23.7 Å². The fraction of sp³-hybridized carbons (Fsp3) is 0.688. The Balaban J connectivity index is 1.78. The minimum atomic E-state index is -0.997. The van der Waals surface area contributed by atoms with Crippen molar-refractivity contribution in [1.29, 1.82) is 0 Å². The minimum Gasteiger partial charge on any atom is -0.463 e. The topological polar surface area (TPSA) is 74.5 Å². The molecule has 0 unspecified atom stereocenters. The van der Waals surface area contributed by atoms with E-state index >= 15 is 0 Å². The van der Waals surface area contributed by atoms with Gasteiger partial charge in [-0.3, -0.25) is 4.79 Å². The van der Waals surface area contributed by atoms with Crippen LogP contribution in [0.15, 0.2) is 16.5 Å². The summed E-state index contributed by atoms with van der Waals surface area (Å²) in [6, 6.07) is 4.37. The summed E-state index contributed by atoms with van der Waals surface area (Å²) < 4.78 is 5.51. The molecule has 21 heavy (non-hydrogen) atoms. The van der Waals surface area contributed by atoms with Gasteiger partial charge in [0.1, 0.15) is 17.1 Å². The van der Waals surface area contributed by atoms with Crippen LogP contribution in [0.3, 0.4) is 0 Å². The first-order valence-corrected chi connectivity index (χ1v) is 7.66. The maximum Gasteiger partial charge on any atom is 0.217 e. The molecule has 1 fully saturated rings. The van der Waals surface area contributed by atoms with Gasteiger partial charge < -0.3 is 20.2 Å². The maximum absolute atomic E-state index is 11.0. The number of hydrogen-bond acceptors (Lipinski definition) is 4. The predicted octanol–water partition coefficient (Wildman–Crippen LogP) is 1.83. The molecule has 1 aliphatic rings. The third-order valence-corrected chi connectivity index (χ3v) is 4.14. The standard InChI is InChI=1S/C16H26N2O3/c1-11-4-9-15(21-11)16(3,20)10-17-13-5-7-14(8-6-13)18-12(2)19/h4,9,13-14,17,20H,5-8,10H2,1-3H3,(H,18,19)/t13?,14?,16-/m1/s1. The number of amides is 1. The summed E-state index contributed by atoms with van der Waals surface area (Å²) in [5, 5.41) is 16.9. The molecule has 1 aromatic heterocycles. The molecule has 0 radical (unpaired) electrons. The van der Waals surface area contributed by atoms with E-state index in [1.807, 2.05) is 19.1 Å². The molecular weight excluding hydrogens is 268 g/mol. The van der Waals surface area contributed by atoms with Crippen LogP contribution in [0.1, 0.15) is 51.1 Å². The van der Waals surface area contributed by atoms with E-state index in [0.29, 0.717) is 24.4 Å². The normalized spacial score (nSPS) is 25.3. The van der Waals surface area contributed by atoms with Crippen molar-refractivity contribution in [3.8, 4) is 0 Å². The van der Waals surface area contributed by atoms with Crippen LogP contribution in [0.2, 0.25) is 0 Å². The third kappa shape index (κ3) is 4.58. The molecule has 0 aromatic carbocycles.